The number of hydrogen-bond acceptors (Lipinski definition) is 1. The number of rotatable bonds is 3. The van der Waals surface area contributed by atoms with Gasteiger partial charge in [0, 0.05) is 9.99 Å². The molecule has 94 valence electrons. The van der Waals surface area contributed by atoms with Crippen LogP contribution in [0, 0.1) is 17.4 Å². The third kappa shape index (κ3) is 3.33. The van der Waals surface area contributed by atoms with Crippen LogP contribution in [0.25, 0.3) is 0 Å². The average Bonchev–Trinajstić information content (AvgIpc) is 2.27. The summed E-state index contributed by atoms with van der Waals surface area (Å²) in [6, 6.07) is 14.4. The van der Waals surface area contributed by atoms with Crippen molar-refractivity contribution in [1.82, 2.24) is 0 Å². The number of aryl methyl sites for hydroxylation is 2. The average molecular weight is 352 g/mol. The second-order valence-corrected chi connectivity index (χ2v) is 5.90. The molecule has 0 heterocycles. The number of benzene rings is 2. The highest BCUT2D eigenvalue weighted by atomic mass is 127. The van der Waals surface area contributed by atoms with Gasteiger partial charge in [0.05, 0.1) is 6.10 Å². The monoisotopic (exact) mass is 352 g/mol. The van der Waals surface area contributed by atoms with Gasteiger partial charge in [-0.3, -0.25) is 0 Å². The molecule has 0 fully saturated rings. The molecular formula is C16H17IO. The molecule has 2 aromatic rings. The first-order valence-corrected chi connectivity index (χ1v) is 7.14. The third-order valence-electron chi connectivity index (χ3n) is 2.97. The van der Waals surface area contributed by atoms with Gasteiger partial charge >= 0.3 is 0 Å². The first-order valence-electron chi connectivity index (χ1n) is 6.06. The van der Waals surface area contributed by atoms with Crippen molar-refractivity contribution in [2.24, 2.45) is 0 Å². The molecule has 0 amide bonds. The lowest BCUT2D eigenvalue weighted by atomic mass is 9.98. The van der Waals surface area contributed by atoms with Gasteiger partial charge in [-0.25, -0.2) is 0 Å². The summed E-state index contributed by atoms with van der Waals surface area (Å²) in [5.41, 5.74) is 4.71. The third-order valence-corrected chi connectivity index (χ3v) is 3.96. The van der Waals surface area contributed by atoms with E-state index in [9.17, 15) is 5.11 Å². The smallest absolute Gasteiger partial charge is 0.0840 e. The molecule has 0 aliphatic heterocycles. The molecule has 0 saturated heterocycles. The second-order valence-electron chi connectivity index (χ2n) is 4.74. The van der Waals surface area contributed by atoms with E-state index >= 15 is 0 Å². The van der Waals surface area contributed by atoms with E-state index in [2.05, 4.69) is 54.6 Å². The SMILES string of the molecule is Cc1cc(C)cc(CC(O)c2ccccc2I)c1. The van der Waals surface area contributed by atoms with Crippen LogP contribution in [0.4, 0.5) is 0 Å². The summed E-state index contributed by atoms with van der Waals surface area (Å²) in [5, 5.41) is 10.3. The zero-order valence-corrected chi connectivity index (χ0v) is 12.8. The molecule has 0 bridgehead atoms. The molecule has 2 aromatic carbocycles. The molecule has 0 aliphatic rings. The summed E-state index contributed by atoms with van der Waals surface area (Å²) in [4.78, 5) is 0. The Kier molecular flexibility index (Phi) is 4.40. The topological polar surface area (TPSA) is 20.2 Å². The Morgan fingerprint density at radius 2 is 1.67 bits per heavy atom. The van der Waals surface area contributed by atoms with Crippen LogP contribution in [0.1, 0.15) is 28.4 Å². The molecular weight excluding hydrogens is 335 g/mol. The molecule has 2 heteroatoms. The summed E-state index contributed by atoms with van der Waals surface area (Å²) >= 11 is 2.27. The minimum Gasteiger partial charge on any atom is -0.388 e. The van der Waals surface area contributed by atoms with Crippen LogP contribution in [0.5, 0.6) is 0 Å². The Hall–Kier alpha value is -0.870. The fourth-order valence-corrected chi connectivity index (χ4v) is 3.01. The van der Waals surface area contributed by atoms with E-state index < -0.39 is 6.10 Å². The van der Waals surface area contributed by atoms with Crippen molar-refractivity contribution in [3.63, 3.8) is 0 Å². The number of aliphatic hydroxyl groups excluding tert-OH is 1. The van der Waals surface area contributed by atoms with Gasteiger partial charge in [-0.15, -0.1) is 0 Å². The Balaban J connectivity index is 2.21. The summed E-state index contributed by atoms with van der Waals surface area (Å²) < 4.78 is 1.12. The molecule has 2 rings (SSSR count). The van der Waals surface area contributed by atoms with E-state index in [1.165, 1.54) is 16.7 Å². The highest BCUT2D eigenvalue weighted by Gasteiger charge is 2.11. The predicted molar refractivity (Wildman–Crippen MR) is 83.7 cm³/mol. The molecule has 18 heavy (non-hydrogen) atoms. The van der Waals surface area contributed by atoms with E-state index in [4.69, 9.17) is 0 Å². The molecule has 0 saturated carbocycles. The first-order chi connectivity index (χ1) is 8.56. The summed E-state index contributed by atoms with van der Waals surface area (Å²) in [5.74, 6) is 0. The van der Waals surface area contributed by atoms with Gasteiger partial charge in [0.15, 0.2) is 0 Å². The van der Waals surface area contributed by atoms with Gasteiger partial charge in [-0.1, -0.05) is 47.5 Å². The molecule has 1 unspecified atom stereocenters. The molecule has 1 nitrogen and oxygen atoms in total. The molecule has 0 aromatic heterocycles. The summed E-state index contributed by atoms with van der Waals surface area (Å²) in [6.07, 6.45) is 0.238. The Morgan fingerprint density at radius 1 is 1.06 bits per heavy atom. The van der Waals surface area contributed by atoms with Gasteiger partial charge < -0.3 is 5.11 Å². The zero-order valence-electron chi connectivity index (χ0n) is 10.7. The lowest BCUT2D eigenvalue weighted by Crippen LogP contribution is -2.04. The highest BCUT2D eigenvalue weighted by Crippen LogP contribution is 2.24. The lowest BCUT2D eigenvalue weighted by molar-refractivity contribution is 0.177. The molecule has 1 N–H and O–H groups in total. The fraction of sp³-hybridized carbons (Fsp3) is 0.250. The fourth-order valence-electron chi connectivity index (χ4n) is 2.27. The highest BCUT2D eigenvalue weighted by molar-refractivity contribution is 14.1. The van der Waals surface area contributed by atoms with Crippen LogP contribution < -0.4 is 0 Å². The van der Waals surface area contributed by atoms with Crippen molar-refractivity contribution < 1.29 is 5.11 Å². The Bertz CT molecular complexity index is 528. The first kappa shape index (κ1) is 13.6. The zero-order chi connectivity index (χ0) is 13.1. The number of halogens is 1. The van der Waals surface area contributed by atoms with Crippen molar-refractivity contribution in [3.8, 4) is 0 Å². The maximum atomic E-state index is 10.3. The van der Waals surface area contributed by atoms with Gasteiger partial charge in [0.2, 0.25) is 0 Å². The van der Waals surface area contributed by atoms with Gasteiger partial charge in [0.25, 0.3) is 0 Å². The number of aliphatic hydroxyl groups is 1. The normalized spacial score (nSPS) is 12.4. The number of hydrogen-bond donors (Lipinski definition) is 1. The minimum atomic E-state index is -0.431. The quantitative estimate of drug-likeness (QED) is 0.822. The van der Waals surface area contributed by atoms with Crippen LogP contribution in [-0.4, -0.2) is 5.11 Å². The minimum absolute atomic E-state index is 0.431. The van der Waals surface area contributed by atoms with Crippen molar-refractivity contribution in [1.29, 1.82) is 0 Å². The van der Waals surface area contributed by atoms with E-state index in [0.717, 1.165) is 9.13 Å². The van der Waals surface area contributed by atoms with Gasteiger partial charge in [0.1, 0.15) is 0 Å². The summed E-state index contributed by atoms with van der Waals surface area (Å²) in [7, 11) is 0. The standard InChI is InChI=1S/C16H17IO/c1-11-7-12(2)9-13(8-11)10-16(18)14-5-3-4-6-15(14)17/h3-9,16,18H,10H2,1-2H3. The predicted octanol–water partition coefficient (Wildman–Crippen LogP) is 4.18. The lowest BCUT2D eigenvalue weighted by Gasteiger charge is -2.14. The Morgan fingerprint density at radius 3 is 2.28 bits per heavy atom. The van der Waals surface area contributed by atoms with Crippen LogP contribution >= 0.6 is 22.6 Å². The molecule has 0 spiro atoms. The van der Waals surface area contributed by atoms with Crippen molar-refractivity contribution in [2.75, 3.05) is 0 Å². The van der Waals surface area contributed by atoms with Crippen LogP contribution in [0.3, 0.4) is 0 Å². The van der Waals surface area contributed by atoms with Crippen LogP contribution in [0.2, 0.25) is 0 Å². The largest absolute Gasteiger partial charge is 0.388 e. The van der Waals surface area contributed by atoms with Crippen molar-refractivity contribution in [3.05, 3.63) is 68.3 Å². The molecule has 0 aliphatic carbocycles. The Labute approximate surface area is 122 Å². The molecule has 0 radical (unpaired) electrons. The second kappa shape index (κ2) is 5.85. The maximum Gasteiger partial charge on any atom is 0.0840 e. The van der Waals surface area contributed by atoms with Crippen molar-refractivity contribution >= 4 is 22.6 Å². The van der Waals surface area contributed by atoms with Gasteiger partial charge in [-0.05, 0) is 53.6 Å². The van der Waals surface area contributed by atoms with Crippen molar-refractivity contribution in [2.45, 2.75) is 26.4 Å². The van der Waals surface area contributed by atoms with Crippen LogP contribution in [-0.2, 0) is 6.42 Å². The van der Waals surface area contributed by atoms with E-state index in [1.807, 2.05) is 24.3 Å². The maximum absolute atomic E-state index is 10.3. The summed E-state index contributed by atoms with van der Waals surface area (Å²) in [6.45, 7) is 4.18. The van der Waals surface area contributed by atoms with Gasteiger partial charge in [-0.2, -0.15) is 0 Å². The van der Waals surface area contributed by atoms with E-state index in [0.29, 0.717) is 6.42 Å². The molecule has 1 atom stereocenters. The van der Waals surface area contributed by atoms with E-state index in [-0.39, 0.29) is 0 Å². The van der Waals surface area contributed by atoms with E-state index in [1.54, 1.807) is 0 Å². The van der Waals surface area contributed by atoms with Crippen LogP contribution in [0.15, 0.2) is 42.5 Å².